The molecule has 0 aliphatic heterocycles. The molecule has 0 aliphatic rings. The van der Waals surface area contributed by atoms with Crippen LogP contribution in [-0.2, 0) is 0 Å². The van der Waals surface area contributed by atoms with Crippen molar-refractivity contribution in [2.24, 2.45) is 5.84 Å². The number of hydrazine groups is 1. The van der Waals surface area contributed by atoms with E-state index in [4.69, 9.17) is 5.84 Å². The summed E-state index contributed by atoms with van der Waals surface area (Å²) in [6.45, 7) is 0. The van der Waals surface area contributed by atoms with Gasteiger partial charge in [0.15, 0.2) is 0 Å². The Kier molecular flexibility index (Phi) is 4.27. The lowest BCUT2D eigenvalue weighted by molar-refractivity contribution is 0.252. The van der Waals surface area contributed by atoms with Crippen LogP contribution in [0.2, 0.25) is 0 Å². The number of rotatable bonds is 3. The maximum atomic E-state index is 13.1. The van der Waals surface area contributed by atoms with Crippen molar-refractivity contribution in [2.75, 3.05) is 5.32 Å². The molecule has 0 saturated carbocycles. The number of aromatic nitrogens is 2. The maximum absolute atomic E-state index is 13.1. The number of fused-ring (bicyclic) bond motifs is 1. The van der Waals surface area contributed by atoms with Gasteiger partial charge < -0.3 is 5.32 Å². The second kappa shape index (κ2) is 6.89. The second-order valence-corrected chi connectivity index (χ2v) is 5.97. The number of nitrogens with one attached hydrogen (secondary N) is 2. The molecular weight excluding hydrogens is 345 g/mol. The van der Waals surface area contributed by atoms with Gasteiger partial charge in [-0.15, -0.1) is 0 Å². The van der Waals surface area contributed by atoms with E-state index in [1.807, 2.05) is 46.4 Å². The summed E-state index contributed by atoms with van der Waals surface area (Å²) in [7, 11) is 0. The summed E-state index contributed by atoms with van der Waals surface area (Å²) >= 11 is 0. The summed E-state index contributed by atoms with van der Waals surface area (Å²) in [5.41, 5.74) is 7.07. The fourth-order valence-corrected chi connectivity index (χ4v) is 2.94. The zero-order valence-electron chi connectivity index (χ0n) is 14.2. The van der Waals surface area contributed by atoms with E-state index in [9.17, 15) is 9.18 Å². The molecule has 4 aromatic rings. The summed E-state index contributed by atoms with van der Waals surface area (Å²) in [6, 6.07) is 17.1. The SMILES string of the molecule is NNC(=O)Nc1cccc(-c2cnc3cc(-c4ccc(F)cc4)ccn23)c1. The third kappa shape index (κ3) is 3.36. The van der Waals surface area contributed by atoms with Crippen LogP contribution in [-0.4, -0.2) is 15.4 Å². The van der Waals surface area contributed by atoms with E-state index >= 15 is 0 Å². The van der Waals surface area contributed by atoms with Crippen LogP contribution in [0.15, 0.2) is 73.1 Å². The molecule has 7 heteroatoms. The number of halogens is 1. The van der Waals surface area contributed by atoms with Crippen molar-refractivity contribution >= 4 is 17.4 Å². The van der Waals surface area contributed by atoms with Gasteiger partial charge >= 0.3 is 6.03 Å². The van der Waals surface area contributed by atoms with E-state index in [0.717, 1.165) is 28.0 Å². The van der Waals surface area contributed by atoms with Gasteiger partial charge in [0.1, 0.15) is 11.5 Å². The lowest BCUT2D eigenvalue weighted by Crippen LogP contribution is -2.34. The summed E-state index contributed by atoms with van der Waals surface area (Å²) in [4.78, 5) is 15.9. The zero-order chi connectivity index (χ0) is 18.8. The van der Waals surface area contributed by atoms with E-state index in [2.05, 4.69) is 10.3 Å². The van der Waals surface area contributed by atoms with Crippen molar-refractivity contribution in [1.29, 1.82) is 0 Å². The molecule has 0 atom stereocenters. The summed E-state index contributed by atoms with van der Waals surface area (Å²) in [5, 5.41) is 2.64. The van der Waals surface area contributed by atoms with Gasteiger partial charge in [0, 0.05) is 17.4 Å². The number of anilines is 1. The molecule has 4 N–H and O–H groups in total. The number of imidazole rings is 1. The van der Waals surface area contributed by atoms with Crippen LogP contribution in [0, 0.1) is 5.82 Å². The molecule has 2 heterocycles. The number of hydrogen-bond donors (Lipinski definition) is 3. The van der Waals surface area contributed by atoms with Crippen molar-refractivity contribution in [3.05, 3.63) is 78.9 Å². The minimum absolute atomic E-state index is 0.264. The first-order chi connectivity index (χ1) is 13.1. The molecule has 2 amide bonds. The molecule has 0 aliphatic carbocycles. The first kappa shape index (κ1) is 16.7. The first-order valence-corrected chi connectivity index (χ1v) is 8.25. The van der Waals surface area contributed by atoms with Gasteiger partial charge in [-0.1, -0.05) is 24.3 Å². The van der Waals surface area contributed by atoms with E-state index in [0.29, 0.717) is 5.69 Å². The smallest absolute Gasteiger partial charge is 0.307 e. The van der Waals surface area contributed by atoms with E-state index in [1.54, 1.807) is 24.4 Å². The lowest BCUT2D eigenvalue weighted by Gasteiger charge is -2.08. The number of pyridine rings is 1. The van der Waals surface area contributed by atoms with E-state index in [1.165, 1.54) is 12.1 Å². The lowest BCUT2D eigenvalue weighted by atomic mass is 10.1. The monoisotopic (exact) mass is 361 g/mol. The average molecular weight is 361 g/mol. The quantitative estimate of drug-likeness (QED) is 0.295. The molecule has 6 nitrogen and oxygen atoms in total. The summed E-state index contributed by atoms with van der Waals surface area (Å²) in [6.07, 6.45) is 3.69. The number of hydrogen-bond acceptors (Lipinski definition) is 3. The number of amides is 2. The molecule has 27 heavy (non-hydrogen) atoms. The molecule has 0 bridgehead atoms. The Morgan fingerprint density at radius 3 is 2.59 bits per heavy atom. The molecule has 2 aromatic carbocycles. The molecule has 4 rings (SSSR count). The standard InChI is InChI=1S/C20H16FN5O/c21-16-6-4-13(5-7-16)14-8-9-26-18(12-23-19(26)11-14)15-2-1-3-17(10-15)24-20(27)25-22/h1-12H,22H2,(H2,24,25,27). The molecule has 0 saturated heterocycles. The predicted molar refractivity (Wildman–Crippen MR) is 102 cm³/mol. The number of carbonyl (C=O) groups excluding carboxylic acids is 1. The summed E-state index contributed by atoms with van der Waals surface area (Å²) in [5.74, 6) is 4.84. The Labute approximate surface area is 154 Å². The number of nitrogens with two attached hydrogens (primary N) is 1. The largest absolute Gasteiger partial charge is 0.333 e. The van der Waals surface area contributed by atoms with Crippen LogP contribution in [0.1, 0.15) is 0 Å². The Morgan fingerprint density at radius 1 is 1.00 bits per heavy atom. The molecule has 2 aromatic heterocycles. The second-order valence-electron chi connectivity index (χ2n) is 5.97. The Balaban J connectivity index is 1.71. The highest BCUT2D eigenvalue weighted by Crippen LogP contribution is 2.26. The highest BCUT2D eigenvalue weighted by Gasteiger charge is 2.09. The molecular formula is C20H16FN5O. The summed E-state index contributed by atoms with van der Waals surface area (Å²) < 4.78 is 15.1. The van der Waals surface area contributed by atoms with Crippen molar-refractivity contribution in [2.45, 2.75) is 0 Å². The highest BCUT2D eigenvalue weighted by atomic mass is 19.1. The van der Waals surface area contributed by atoms with Gasteiger partial charge in [-0.25, -0.2) is 20.0 Å². The first-order valence-electron chi connectivity index (χ1n) is 8.25. The van der Waals surface area contributed by atoms with Crippen molar-refractivity contribution in [1.82, 2.24) is 14.8 Å². The number of benzene rings is 2. The van der Waals surface area contributed by atoms with Crippen LogP contribution in [0.4, 0.5) is 14.9 Å². The molecule has 0 unspecified atom stereocenters. The Bertz CT molecular complexity index is 1120. The van der Waals surface area contributed by atoms with Crippen LogP contribution in [0.5, 0.6) is 0 Å². The van der Waals surface area contributed by atoms with Crippen LogP contribution >= 0.6 is 0 Å². The minimum Gasteiger partial charge on any atom is -0.307 e. The predicted octanol–water partition coefficient (Wildman–Crippen LogP) is 3.80. The molecule has 0 spiro atoms. The zero-order valence-corrected chi connectivity index (χ0v) is 14.2. The van der Waals surface area contributed by atoms with E-state index < -0.39 is 6.03 Å². The van der Waals surface area contributed by atoms with Crippen LogP contribution in [0.3, 0.4) is 0 Å². The molecule has 0 fully saturated rings. The molecule has 0 radical (unpaired) electrons. The topological polar surface area (TPSA) is 84.4 Å². The minimum atomic E-state index is -0.491. The molecule has 134 valence electrons. The van der Waals surface area contributed by atoms with Gasteiger partial charge in [0.25, 0.3) is 0 Å². The van der Waals surface area contributed by atoms with Gasteiger partial charge in [-0.2, -0.15) is 0 Å². The fourth-order valence-electron chi connectivity index (χ4n) is 2.94. The average Bonchev–Trinajstić information content (AvgIpc) is 3.12. The van der Waals surface area contributed by atoms with Gasteiger partial charge in [-0.3, -0.25) is 9.83 Å². The van der Waals surface area contributed by atoms with Crippen molar-refractivity contribution < 1.29 is 9.18 Å². The van der Waals surface area contributed by atoms with Crippen molar-refractivity contribution in [3.63, 3.8) is 0 Å². The van der Waals surface area contributed by atoms with Crippen LogP contribution < -0.4 is 16.6 Å². The van der Waals surface area contributed by atoms with Crippen LogP contribution in [0.25, 0.3) is 28.0 Å². The normalized spacial score (nSPS) is 10.7. The van der Waals surface area contributed by atoms with Gasteiger partial charge in [0.2, 0.25) is 0 Å². The Morgan fingerprint density at radius 2 is 1.81 bits per heavy atom. The number of nitrogens with zero attached hydrogens (tertiary/aromatic N) is 2. The van der Waals surface area contributed by atoms with Gasteiger partial charge in [0.05, 0.1) is 11.9 Å². The highest BCUT2D eigenvalue weighted by molar-refractivity contribution is 5.89. The van der Waals surface area contributed by atoms with Gasteiger partial charge in [-0.05, 0) is 47.5 Å². The third-order valence-corrected chi connectivity index (χ3v) is 4.24. The Hall–Kier alpha value is -3.71. The fraction of sp³-hybridized carbons (Fsp3) is 0. The number of carbonyl (C=O) groups is 1. The third-order valence-electron chi connectivity index (χ3n) is 4.24. The van der Waals surface area contributed by atoms with E-state index in [-0.39, 0.29) is 5.82 Å². The van der Waals surface area contributed by atoms with Crippen molar-refractivity contribution in [3.8, 4) is 22.4 Å². The maximum Gasteiger partial charge on any atom is 0.333 e. The number of urea groups is 1.